The van der Waals surface area contributed by atoms with Gasteiger partial charge in [0.2, 0.25) is 5.91 Å². The number of hydrogen-bond acceptors (Lipinski definition) is 3. The molecule has 124 valence electrons. The molecule has 0 spiro atoms. The molecule has 0 aliphatic heterocycles. The summed E-state index contributed by atoms with van der Waals surface area (Å²) in [5.74, 6) is -0.608. The van der Waals surface area contributed by atoms with Crippen LogP contribution in [-0.2, 0) is 4.79 Å². The van der Waals surface area contributed by atoms with Gasteiger partial charge in [0.25, 0.3) is 5.91 Å². The Morgan fingerprint density at radius 2 is 1.75 bits per heavy atom. The fraction of sp³-hybridized carbons (Fsp3) is 0.118. The van der Waals surface area contributed by atoms with Gasteiger partial charge in [-0.25, -0.2) is 5.43 Å². The molecule has 0 bridgehead atoms. The van der Waals surface area contributed by atoms with Crippen molar-refractivity contribution in [2.24, 2.45) is 5.10 Å². The van der Waals surface area contributed by atoms with E-state index in [1.54, 1.807) is 49.4 Å². The van der Waals surface area contributed by atoms with E-state index < -0.39 is 0 Å². The number of nitrogens with zero attached hydrogens (tertiary/aromatic N) is 1. The van der Waals surface area contributed by atoms with E-state index in [4.69, 9.17) is 23.2 Å². The zero-order valence-corrected chi connectivity index (χ0v) is 14.4. The number of hydrazone groups is 1. The van der Waals surface area contributed by atoms with E-state index in [0.29, 0.717) is 27.0 Å². The summed E-state index contributed by atoms with van der Waals surface area (Å²) in [7, 11) is 0. The fourth-order valence-electron chi connectivity index (χ4n) is 1.85. The van der Waals surface area contributed by atoms with Gasteiger partial charge in [0.1, 0.15) is 0 Å². The molecule has 0 unspecified atom stereocenters. The largest absolute Gasteiger partial charge is 0.326 e. The van der Waals surface area contributed by atoms with Crippen LogP contribution in [0.3, 0.4) is 0 Å². The lowest BCUT2D eigenvalue weighted by Gasteiger charge is -2.06. The number of nitrogens with one attached hydrogen (secondary N) is 2. The topological polar surface area (TPSA) is 70.6 Å². The molecule has 2 amide bonds. The van der Waals surface area contributed by atoms with E-state index in [-0.39, 0.29) is 18.2 Å². The molecule has 0 aromatic heterocycles. The van der Waals surface area contributed by atoms with Crippen LogP contribution in [0, 0.1) is 0 Å². The fourth-order valence-corrected chi connectivity index (χ4v) is 2.15. The van der Waals surface area contributed by atoms with E-state index in [0.717, 1.165) is 0 Å². The second-order valence-corrected chi connectivity index (χ2v) is 5.82. The average Bonchev–Trinajstić information content (AvgIpc) is 2.56. The molecule has 0 fully saturated rings. The first-order valence-corrected chi connectivity index (χ1v) is 7.85. The van der Waals surface area contributed by atoms with E-state index in [2.05, 4.69) is 15.8 Å². The molecular weight excluding hydrogens is 349 g/mol. The molecule has 0 heterocycles. The summed E-state index contributed by atoms with van der Waals surface area (Å²) < 4.78 is 0. The van der Waals surface area contributed by atoms with E-state index in [1.165, 1.54) is 0 Å². The lowest BCUT2D eigenvalue weighted by molar-refractivity contribution is -0.115. The number of anilines is 1. The van der Waals surface area contributed by atoms with Gasteiger partial charge in [-0.15, -0.1) is 0 Å². The van der Waals surface area contributed by atoms with E-state index in [9.17, 15) is 9.59 Å². The van der Waals surface area contributed by atoms with Crippen molar-refractivity contribution in [3.05, 3.63) is 64.1 Å². The van der Waals surface area contributed by atoms with Gasteiger partial charge >= 0.3 is 0 Å². The lowest BCUT2D eigenvalue weighted by Crippen LogP contribution is -2.21. The minimum Gasteiger partial charge on any atom is -0.326 e. The first kappa shape index (κ1) is 18.0. The molecule has 2 N–H and O–H groups in total. The minimum atomic E-state index is -0.333. The SMILES string of the molecule is C/C(CC(=O)Nc1ccc(Cl)c(Cl)c1)=N/NC(=O)c1ccccc1. The van der Waals surface area contributed by atoms with Crippen molar-refractivity contribution in [1.82, 2.24) is 5.43 Å². The van der Waals surface area contributed by atoms with Crippen molar-refractivity contribution in [2.45, 2.75) is 13.3 Å². The van der Waals surface area contributed by atoms with Crippen LogP contribution in [0.1, 0.15) is 23.7 Å². The lowest BCUT2D eigenvalue weighted by atomic mass is 10.2. The number of benzene rings is 2. The van der Waals surface area contributed by atoms with Crippen molar-refractivity contribution in [2.75, 3.05) is 5.32 Å². The highest BCUT2D eigenvalue weighted by Gasteiger charge is 2.08. The molecule has 0 aliphatic rings. The molecule has 0 atom stereocenters. The monoisotopic (exact) mass is 363 g/mol. The van der Waals surface area contributed by atoms with Crippen molar-refractivity contribution in [3.63, 3.8) is 0 Å². The van der Waals surface area contributed by atoms with Gasteiger partial charge in [-0.3, -0.25) is 9.59 Å². The Bertz CT molecular complexity index is 777. The number of amides is 2. The van der Waals surface area contributed by atoms with Gasteiger partial charge < -0.3 is 5.32 Å². The van der Waals surface area contributed by atoms with Crippen LogP contribution in [0.2, 0.25) is 10.0 Å². The molecule has 5 nitrogen and oxygen atoms in total. The summed E-state index contributed by atoms with van der Waals surface area (Å²) in [5, 5.41) is 7.38. The van der Waals surface area contributed by atoms with Gasteiger partial charge in [-0.2, -0.15) is 5.10 Å². The third-order valence-electron chi connectivity index (χ3n) is 3.00. The molecular formula is C17H15Cl2N3O2. The summed E-state index contributed by atoms with van der Waals surface area (Å²) in [6.45, 7) is 1.65. The molecule has 2 rings (SSSR count). The maximum atomic E-state index is 12.0. The van der Waals surface area contributed by atoms with Crippen LogP contribution < -0.4 is 10.7 Å². The average molecular weight is 364 g/mol. The number of hydrogen-bond donors (Lipinski definition) is 2. The molecule has 2 aromatic carbocycles. The molecule has 24 heavy (non-hydrogen) atoms. The molecule has 0 saturated heterocycles. The zero-order chi connectivity index (χ0) is 17.5. The molecule has 2 aromatic rings. The van der Waals surface area contributed by atoms with Crippen LogP contribution in [0.25, 0.3) is 0 Å². The van der Waals surface area contributed by atoms with Crippen LogP contribution in [0.5, 0.6) is 0 Å². The quantitative estimate of drug-likeness (QED) is 0.619. The molecule has 0 saturated carbocycles. The number of carbonyl (C=O) groups is 2. The van der Waals surface area contributed by atoms with Crippen LogP contribution in [-0.4, -0.2) is 17.5 Å². The third kappa shape index (κ3) is 5.37. The summed E-state index contributed by atoms with van der Waals surface area (Å²) >= 11 is 11.7. The predicted molar refractivity (Wildman–Crippen MR) is 96.7 cm³/mol. The van der Waals surface area contributed by atoms with Crippen molar-refractivity contribution < 1.29 is 9.59 Å². The summed E-state index contributed by atoms with van der Waals surface area (Å²) in [4.78, 5) is 23.8. The van der Waals surface area contributed by atoms with Gasteiger partial charge in [0.05, 0.1) is 16.5 Å². The van der Waals surface area contributed by atoms with Crippen LogP contribution in [0.15, 0.2) is 53.6 Å². The molecule has 0 radical (unpaired) electrons. The van der Waals surface area contributed by atoms with Gasteiger partial charge in [-0.05, 0) is 37.3 Å². The highest BCUT2D eigenvalue weighted by Crippen LogP contribution is 2.25. The molecule has 7 heteroatoms. The highest BCUT2D eigenvalue weighted by molar-refractivity contribution is 6.42. The third-order valence-corrected chi connectivity index (χ3v) is 3.74. The Hall–Kier alpha value is -2.37. The zero-order valence-electron chi connectivity index (χ0n) is 12.8. The maximum absolute atomic E-state index is 12.0. The van der Waals surface area contributed by atoms with E-state index in [1.807, 2.05) is 6.07 Å². The van der Waals surface area contributed by atoms with Crippen molar-refractivity contribution in [1.29, 1.82) is 0 Å². The summed E-state index contributed by atoms with van der Waals surface area (Å²) in [5.41, 5.74) is 3.92. The Morgan fingerprint density at radius 1 is 1.04 bits per heavy atom. The van der Waals surface area contributed by atoms with Crippen LogP contribution in [0.4, 0.5) is 5.69 Å². The normalized spacial score (nSPS) is 11.0. The number of rotatable bonds is 5. The minimum absolute atomic E-state index is 0.0370. The van der Waals surface area contributed by atoms with Gasteiger partial charge in [0.15, 0.2) is 0 Å². The number of carbonyl (C=O) groups excluding carboxylic acids is 2. The first-order valence-electron chi connectivity index (χ1n) is 7.09. The Balaban J connectivity index is 1.88. The summed E-state index contributed by atoms with van der Waals surface area (Å²) in [6.07, 6.45) is 0.0370. The number of halogens is 2. The van der Waals surface area contributed by atoms with Crippen molar-refractivity contribution >= 4 is 46.4 Å². The Labute approximate surface area is 149 Å². The molecule has 0 aliphatic carbocycles. The second-order valence-electron chi connectivity index (χ2n) is 5.01. The first-order chi connectivity index (χ1) is 11.5. The highest BCUT2D eigenvalue weighted by atomic mass is 35.5. The van der Waals surface area contributed by atoms with Gasteiger partial charge in [-0.1, -0.05) is 41.4 Å². The standard InChI is InChI=1S/C17H15Cl2N3O2/c1-11(21-22-17(24)12-5-3-2-4-6-12)9-16(23)20-13-7-8-14(18)15(19)10-13/h2-8,10H,9H2,1H3,(H,20,23)(H,22,24)/b21-11-. The van der Waals surface area contributed by atoms with Crippen LogP contribution >= 0.6 is 23.2 Å². The smallest absolute Gasteiger partial charge is 0.271 e. The van der Waals surface area contributed by atoms with Crippen molar-refractivity contribution in [3.8, 4) is 0 Å². The predicted octanol–water partition coefficient (Wildman–Crippen LogP) is 4.13. The Kier molecular flexibility index (Phi) is 6.35. The second kappa shape index (κ2) is 8.47. The Morgan fingerprint density at radius 3 is 2.42 bits per heavy atom. The maximum Gasteiger partial charge on any atom is 0.271 e. The van der Waals surface area contributed by atoms with Gasteiger partial charge in [0, 0.05) is 17.0 Å². The van der Waals surface area contributed by atoms with E-state index >= 15 is 0 Å². The summed E-state index contributed by atoms with van der Waals surface area (Å²) in [6, 6.07) is 13.5.